The van der Waals surface area contributed by atoms with Crippen molar-refractivity contribution in [1.29, 1.82) is 0 Å². The fraction of sp³-hybridized carbons (Fsp3) is 1.00. The first-order valence-corrected chi connectivity index (χ1v) is 3.18. The summed E-state index contributed by atoms with van der Waals surface area (Å²) in [6.45, 7) is 2.16. The Labute approximate surface area is 61.2 Å². The monoisotopic (exact) mass is 155 g/mol. The van der Waals surface area contributed by atoms with Gasteiger partial charge in [-0.3, -0.25) is 0 Å². The van der Waals surface area contributed by atoms with Crippen molar-refractivity contribution < 1.29 is 0 Å². The van der Waals surface area contributed by atoms with Crippen LogP contribution < -0.4 is 5.32 Å². The Hall–Kier alpha value is 0.540. The van der Waals surface area contributed by atoms with E-state index in [1.54, 1.807) is 0 Å². The van der Waals surface area contributed by atoms with Crippen LogP contribution in [0.3, 0.4) is 0 Å². The maximum absolute atomic E-state index is 5.75. The van der Waals surface area contributed by atoms with Crippen LogP contribution in [0, 0.1) is 0 Å². The number of piperidine rings is 1. The van der Waals surface area contributed by atoms with E-state index in [-0.39, 0.29) is 12.4 Å². The maximum Gasteiger partial charge on any atom is 0.0461 e. The Morgan fingerprint density at radius 3 is 2.50 bits per heavy atom. The average Bonchev–Trinajstić information content (AvgIpc) is 1.69. The van der Waals surface area contributed by atoms with Gasteiger partial charge in [0.2, 0.25) is 0 Å². The maximum atomic E-state index is 5.75. The minimum absolute atomic E-state index is 0. The quantitative estimate of drug-likeness (QED) is 0.522. The van der Waals surface area contributed by atoms with Crippen LogP contribution in [0.2, 0.25) is 0 Å². The third kappa shape index (κ3) is 2.75. The standard InChI is InChI=1S/C5H10ClN.ClH/c6-5-2-1-3-7-4-5;/h5,7H,1-4H2;1H/t5-;/m1./s1. The van der Waals surface area contributed by atoms with Gasteiger partial charge >= 0.3 is 0 Å². The lowest BCUT2D eigenvalue weighted by Crippen LogP contribution is -2.29. The summed E-state index contributed by atoms with van der Waals surface area (Å²) in [5.74, 6) is 0. The fourth-order valence-corrected chi connectivity index (χ4v) is 1.07. The molecule has 1 saturated heterocycles. The molecule has 0 aromatic carbocycles. The lowest BCUT2D eigenvalue weighted by atomic mass is 10.2. The molecule has 0 aromatic rings. The molecule has 0 unspecified atom stereocenters. The SMILES string of the molecule is Cl.Cl[C@@H]1CCCNC1. The van der Waals surface area contributed by atoms with Crippen molar-refractivity contribution in [2.75, 3.05) is 13.1 Å². The lowest BCUT2D eigenvalue weighted by molar-refractivity contribution is 0.526. The second-order valence-corrected chi connectivity index (χ2v) is 2.56. The summed E-state index contributed by atoms with van der Waals surface area (Å²) in [5, 5.41) is 3.60. The highest BCUT2D eigenvalue weighted by Crippen LogP contribution is 2.06. The Balaban J connectivity index is 0.000000490. The molecule has 50 valence electrons. The number of rotatable bonds is 0. The predicted octanol–water partition coefficient (Wildman–Crippen LogP) is 1.40. The molecule has 0 radical (unpaired) electrons. The average molecular weight is 156 g/mol. The highest BCUT2D eigenvalue weighted by atomic mass is 35.5. The summed E-state index contributed by atoms with van der Waals surface area (Å²) < 4.78 is 0. The number of alkyl halides is 1. The van der Waals surface area contributed by atoms with Gasteiger partial charge in [0.25, 0.3) is 0 Å². The topological polar surface area (TPSA) is 12.0 Å². The zero-order valence-electron chi connectivity index (χ0n) is 4.69. The summed E-state index contributed by atoms with van der Waals surface area (Å²) >= 11 is 5.75. The van der Waals surface area contributed by atoms with Gasteiger partial charge in [0.15, 0.2) is 0 Å². The number of halogens is 2. The minimum atomic E-state index is 0. The van der Waals surface area contributed by atoms with Crippen LogP contribution in [0.5, 0.6) is 0 Å². The molecule has 1 atom stereocenters. The highest BCUT2D eigenvalue weighted by Gasteiger charge is 2.07. The Morgan fingerprint density at radius 2 is 2.25 bits per heavy atom. The minimum Gasteiger partial charge on any atom is -0.315 e. The largest absolute Gasteiger partial charge is 0.315 e. The highest BCUT2D eigenvalue weighted by molar-refractivity contribution is 6.20. The molecular formula is C5H11Cl2N. The second kappa shape index (κ2) is 4.42. The zero-order valence-corrected chi connectivity index (χ0v) is 6.26. The van der Waals surface area contributed by atoms with Crippen molar-refractivity contribution in [3.63, 3.8) is 0 Å². The van der Waals surface area contributed by atoms with E-state index in [1.807, 2.05) is 0 Å². The molecule has 1 aliphatic heterocycles. The molecule has 0 saturated carbocycles. The molecular weight excluding hydrogens is 145 g/mol. The van der Waals surface area contributed by atoms with E-state index in [0.29, 0.717) is 5.38 Å². The van der Waals surface area contributed by atoms with Crippen LogP contribution in [0.4, 0.5) is 0 Å². The van der Waals surface area contributed by atoms with Gasteiger partial charge in [0.1, 0.15) is 0 Å². The third-order valence-corrected chi connectivity index (χ3v) is 1.61. The van der Waals surface area contributed by atoms with E-state index in [0.717, 1.165) is 13.1 Å². The van der Waals surface area contributed by atoms with E-state index in [1.165, 1.54) is 12.8 Å². The van der Waals surface area contributed by atoms with E-state index in [2.05, 4.69) is 5.32 Å². The van der Waals surface area contributed by atoms with Gasteiger partial charge in [-0.1, -0.05) is 0 Å². The third-order valence-electron chi connectivity index (χ3n) is 1.24. The lowest BCUT2D eigenvalue weighted by Gasteiger charge is -2.15. The summed E-state index contributed by atoms with van der Waals surface area (Å²) in [6, 6.07) is 0. The molecule has 0 amide bonds. The van der Waals surface area contributed by atoms with Crippen LogP contribution in [0.15, 0.2) is 0 Å². The van der Waals surface area contributed by atoms with Crippen molar-refractivity contribution in [3.05, 3.63) is 0 Å². The first kappa shape index (κ1) is 8.54. The van der Waals surface area contributed by atoms with Crippen molar-refractivity contribution in [2.45, 2.75) is 18.2 Å². The summed E-state index contributed by atoms with van der Waals surface area (Å²) in [5.41, 5.74) is 0. The van der Waals surface area contributed by atoms with Crippen molar-refractivity contribution in [1.82, 2.24) is 5.32 Å². The molecule has 1 heterocycles. The van der Waals surface area contributed by atoms with Gasteiger partial charge < -0.3 is 5.32 Å². The number of hydrogen-bond donors (Lipinski definition) is 1. The predicted molar refractivity (Wildman–Crippen MR) is 39.0 cm³/mol. The molecule has 1 nitrogen and oxygen atoms in total. The first-order chi connectivity index (χ1) is 3.39. The van der Waals surface area contributed by atoms with Crippen LogP contribution in [0.1, 0.15) is 12.8 Å². The molecule has 1 rings (SSSR count). The van der Waals surface area contributed by atoms with Crippen LogP contribution in [-0.4, -0.2) is 18.5 Å². The zero-order chi connectivity index (χ0) is 5.11. The van der Waals surface area contributed by atoms with Gasteiger partial charge in [-0.05, 0) is 19.4 Å². The van der Waals surface area contributed by atoms with Gasteiger partial charge in [-0.2, -0.15) is 0 Å². The van der Waals surface area contributed by atoms with E-state index in [4.69, 9.17) is 11.6 Å². The Kier molecular flexibility index (Phi) is 4.72. The van der Waals surface area contributed by atoms with Crippen LogP contribution in [0.25, 0.3) is 0 Å². The normalized spacial score (nSPS) is 28.9. The molecule has 0 bridgehead atoms. The van der Waals surface area contributed by atoms with E-state index in [9.17, 15) is 0 Å². The second-order valence-electron chi connectivity index (χ2n) is 1.94. The molecule has 0 aliphatic carbocycles. The van der Waals surface area contributed by atoms with Crippen LogP contribution in [-0.2, 0) is 0 Å². The van der Waals surface area contributed by atoms with Crippen molar-refractivity contribution in [3.8, 4) is 0 Å². The van der Waals surface area contributed by atoms with Gasteiger partial charge in [0.05, 0.1) is 0 Å². The molecule has 8 heavy (non-hydrogen) atoms. The smallest absolute Gasteiger partial charge is 0.0461 e. The molecule has 1 aliphatic rings. The van der Waals surface area contributed by atoms with Crippen LogP contribution >= 0.6 is 24.0 Å². The van der Waals surface area contributed by atoms with Crippen molar-refractivity contribution in [2.24, 2.45) is 0 Å². The Bertz CT molecular complexity index is 52.4. The summed E-state index contributed by atoms with van der Waals surface area (Å²) in [7, 11) is 0. The number of nitrogens with one attached hydrogen (secondary N) is 1. The molecule has 3 heteroatoms. The molecule has 0 aromatic heterocycles. The van der Waals surface area contributed by atoms with E-state index < -0.39 is 0 Å². The Morgan fingerprint density at radius 1 is 1.50 bits per heavy atom. The molecule has 0 spiro atoms. The van der Waals surface area contributed by atoms with Gasteiger partial charge in [-0.15, -0.1) is 24.0 Å². The number of hydrogen-bond acceptors (Lipinski definition) is 1. The summed E-state index contributed by atoms with van der Waals surface area (Å²) in [4.78, 5) is 0. The van der Waals surface area contributed by atoms with Gasteiger partial charge in [0, 0.05) is 11.9 Å². The molecule has 1 N–H and O–H groups in total. The fourth-order valence-electron chi connectivity index (χ4n) is 0.809. The van der Waals surface area contributed by atoms with Gasteiger partial charge in [-0.25, -0.2) is 0 Å². The van der Waals surface area contributed by atoms with Crippen molar-refractivity contribution >= 4 is 24.0 Å². The first-order valence-electron chi connectivity index (χ1n) is 2.74. The molecule has 1 fully saturated rings. The summed E-state index contributed by atoms with van der Waals surface area (Å²) in [6.07, 6.45) is 2.43. The van der Waals surface area contributed by atoms with E-state index >= 15 is 0 Å².